The van der Waals surface area contributed by atoms with Crippen LogP contribution in [0.2, 0.25) is 0 Å². The summed E-state index contributed by atoms with van der Waals surface area (Å²) in [6, 6.07) is 0. The Morgan fingerprint density at radius 2 is 2.29 bits per heavy atom. The monoisotopic (exact) mass is 297 g/mol. The van der Waals surface area contributed by atoms with Gasteiger partial charge < -0.3 is 20.1 Å². The topological polar surface area (TPSA) is 85.1 Å². The molecule has 2 rings (SSSR count). The molecule has 2 N–H and O–H groups in total. The highest BCUT2D eigenvalue weighted by Crippen LogP contribution is 2.17. The van der Waals surface area contributed by atoms with E-state index >= 15 is 0 Å². The zero-order chi connectivity index (χ0) is 15.2. The molecule has 2 aliphatic heterocycles. The van der Waals surface area contributed by atoms with E-state index < -0.39 is 0 Å². The number of ether oxygens (including phenoxy) is 2. The Kier molecular flexibility index (Phi) is 5.58. The Bertz CT molecular complexity index is 424. The molecule has 118 valence electrons. The second kappa shape index (κ2) is 7.42. The summed E-state index contributed by atoms with van der Waals surface area (Å²) in [6.07, 6.45) is 3.13. The fourth-order valence-corrected chi connectivity index (χ4v) is 2.62. The smallest absolute Gasteiger partial charge is 0.253 e. The van der Waals surface area contributed by atoms with E-state index in [0.29, 0.717) is 32.8 Å². The molecule has 1 fully saturated rings. The molecule has 1 unspecified atom stereocenters. The summed E-state index contributed by atoms with van der Waals surface area (Å²) in [7, 11) is 1.81. The number of carbonyl (C=O) groups is 2. The number of nitrogens with zero attached hydrogens (tertiary/aromatic N) is 2. The van der Waals surface area contributed by atoms with Crippen molar-refractivity contribution < 1.29 is 19.1 Å². The normalized spacial score (nSPS) is 22.7. The lowest BCUT2D eigenvalue weighted by atomic mass is 10.1. The molecule has 7 heteroatoms. The van der Waals surface area contributed by atoms with Crippen LogP contribution < -0.4 is 5.73 Å². The minimum absolute atomic E-state index is 0.0283. The summed E-state index contributed by atoms with van der Waals surface area (Å²) >= 11 is 0. The van der Waals surface area contributed by atoms with Crippen molar-refractivity contribution in [2.45, 2.75) is 18.9 Å². The van der Waals surface area contributed by atoms with Crippen LogP contribution in [0.1, 0.15) is 12.8 Å². The first-order valence-corrected chi connectivity index (χ1v) is 7.24. The number of morpholine rings is 1. The van der Waals surface area contributed by atoms with Crippen LogP contribution in [-0.2, 0) is 19.1 Å². The minimum atomic E-state index is -0.370. The molecular formula is C14H23N3O4. The Labute approximate surface area is 124 Å². The van der Waals surface area contributed by atoms with Gasteiger partial charge in [-0.05, 0) is 19.9 Å². The number of hydrogen-bond acceptors (Lipinski definition) is 5. The zero-order valence-electron chi connectivity index (χ0n) is 12.4. The molecule has 7 nitrogen and oxygen atoms in total. The molecule has 2 amide bonds. The number of nitrogens with two attached hydrogens (primary N) is 1. The molecule has 0 bridgehead atoms. The average molecular weight is 297 g/mol. The summed E-state index contributed by atoms with van der Waals surface area (Å²) < 4.78 is 10.9. The van der Waals surface area contributed by atoms with Crippen molar-refractivity contribution in [3.63, 3.8) is 0 Å². The minimum Gasteiger partial charge on any atom is -0.501 e. The lowest BCUT2D eigenvalue weighted by Gasteiger charge is -2.35. The van der Waals surface area contributed by atoms with E-state index in [1.807, 2.05) is 11.9 Å². The molecular weight excluding hydrogens is 274 g/mol. The van der Waals surface area contributed by atoms with Gasteiger partial charge in [-0.3, -0.25) is 14.5 Å². The summed E-state index contributed by atoms with van der Waals surface area (Å²) in [5, 5.41) is 0. The van der Waals surface area contributed by atoms with Gasteiger partial charge in [0.1, 0.15) is 0 Å². The van der Waals surface area contributed by atoms with Crippen molar-refractivity contribution in [3.8, 4) is 0 Å². The maximum absolute atomic E-state index is 12.4. The van der Waals surface area contributed by atoms with Crippen molar-refractivity contribution in [1.29, 1.82) is 0 Å². The summed E-state index contributed by atoms with van der Waals surface area (Å²) in [5.41, 5.74) is 5.89. The largest absolute Gasteiger partial charge is 0.501 e. The summed E-state index contributed by atoms with van der Waals surface area (Å²) in [6.45, 7) is 3.07. The Hall–Kier alpha value is -1.60. The van der Waals surface area contributed by atoms with Crippen LogP contribution in [0.5, 0.6) is 0 Å². The highest BCUT2D eigenvalue weighted by molar-refractivity contribution is 5.93. The van der Waals surface area contributed by atoms with Crippen molar-refractivity contribution in [2.75, 3.05) is 46.4 Å². The molecule has 21 heavy (non-hydrogen) atoms. The van der Waals surface area contributed by atoms with E-state index in [4.69, 9.17) is 15.2 Å². The van der Waals surface area contributed by atoms with Gasteiger partial charge in [0.25, 0.3) is 5.91 Å². The van der Waals surface area contributed by atoms with Gasteiger partial charge in [0.15, 0.2) is 0 Å². The van der Waals surface area contributed by atoms with Gasteiger partial charge in [-0.1, -0.05) is 0 Å². The lowest BCUT2D eigenvalue weighted by Crippen LogP contribution is -2.50. The standard InChI is InChI=1S/C14H23N3O4/c1-16(9-13(15)18)7-12-8-17(4-6-21-12)14(19)11-3-2-5-20-10-11/h10,12H,2-9H2,1H3,(H2,15,18). The van der Waals surface area contributed by atoms with Crippen molar-refractivity contribution in [1.82, 2.24) is 9.80 Å². The number of hydrogen-bond donors (Lipinski definition) is 1. The second-order valence-corrected chi connectivity index (χ2v) is 5.52. The second-order valence-electron chi connectivity index (χ2n) is 5.52. The molecule has 2 aliphatic rings. The zero-order valence-corrected chi connectivity index (χ0v) is 12.4. The number of primary amides is 1. The van der Waals surface area contributed by atoms with Gasteiger partial charge in [-0.2, -0.15) is 0 Å². The van der Waals surface area contributed by atoms with Gasteiger partial charge in [0.05, 0.1) is 37.7 Å². The third kappa shape index (κ3) is 4.71. The van der Waals surface area contributed by atoms with E-state index in [1.165, 1.54) is 0 Å². The SMILES string of the molecule is CN(CC(N)=O)CC1CN(C(=O)C2=COCCC2)CCO1. The third-order valence-electron chi connectivity index (χ3n) is 3.58. The van der Waals surface area contributed by atoms with Crippen molar-refractivity contribution in [3.05, 3.63) is 11.8 Å². The van der Waals surface area contributed by atoms with Crippen molar-refractivity contribution >= 4 is 11.8 Å². The molecule has 2 heterocycles. The molecule has 0 aromatic heterocycles. The fourth-order valence-electron chi connectivity index (χ4n) is 2.62. The first kappa shape index (κ1) is 15.8. The third-order valence-corrected chi connectivity index (χ3v) is 3.58. The van der Waals surface area contributed by atoms with Crippen LogP contribution in [0, 0.1) is 0 Å². The maximum Gasteiger partial charge on any atom is 0.253 e. The highest BCUT2D eigenvalue weighted by Gasteiger charge is 2.27. The molecule has 0 aromatic carbocycles. The van der Waals surface area contributed by atoms with Crippen molar-refractivity contribution in [2.24, 2.45) is 5.73 Å². The van der Waals surface area contributed by atoms with E-state index in [-0.39, 0.29) is 24.5 Å². The van der Waals surface area contributed by atoms with Gasteiger partial charge in [0.2, 0.25) is 5.91 Å². The van der Waals surface area contributed by atoms with Crippen LogP contribution in [-0.4, -0.2) is 74.2 Å². The van der Waals surface area contributed by atoms with Crippen LogP contribution in [0.3, 0.4) is 0 Å². The average Bonchev–Trinajstić information content (AvgIpc) is 2.46. The molecule has 0 saturated carbocycles. The van der Waals surface area contributed by atoms with Gasteiger partial charge >= 0.3 is 0 Å². The van der Waals surface area contributed by atoms with Gasteiger partial charge in [-0.25, -0.2) is 0 Å². The predicted octanol–water partition coefficient (Wildman–Crippen LogP) is -0.675. The van der Waals surface area contributed by atoms with Crippen LogP contribution in [0.15, 0.2) is 11.8 Å². The van der Waals surface area contributed by atoms with Gasteiger partial charge in [0, 0.05) is 19.6 Å². The maximum atomic E-state index is 12.4. The highest BCUT2D eigenvalue weighted by atomic mass is 16.5. The quantitative estimate of drug-likeness (QED) is 0.727. The molecule has 1 saturated heterocycles. The first-order chi connectivity index (χ1) is 10.1. The molecule has 0 aromatic rings. The summed E-state index contributed by atoms with van der Waals surface area (Å²) in [4.78, 5) is 26.9. The number of rotatable bonds is 5. The van der Waals surface area contributed by atoms with E-state index in [2.05, 4.69) is 0 Å². The lowest BCUT2D eigenvalue weighted by molar-refractivity contribution is -0.136. The van der Waals surface area contributed by atoms with E-state index in [0.717, 1.165) is 18.4 Å². The van der Waals surface area contributed by atoms with E-state index in [9.17, 15) is 9.59 Å². The number of likely N-dealkylation sites (N-methyl/N-ethyl adjacent to an activating group) is 1. The first-order valence-electron chi connectivity index (χ1n) is 7.24. The van der Waals surface area contributed by atoms with Crippen LogP contribution in [0.4, 0.5) is 0 Å². The predicted molar refractivity (Wildman–Crippen MR) is 76.3 cm³/mol. The number of carbonyl (C=O) groups excluding carboxylic acids is 2. The summed E-state index contributed by atoms with van der Waals surface area (Å²) in [5.74, 6) is -0.341. The number of amides is 2. The Morgan fingerprint density at radius 3 is 2.95 bits per heavy atom. The Morgan fingerprint density at radius 1 is 1.48 bits per heavy atom. The van der Waals surface area contributed by atoms with Gasteiger partial charge in [-0.15, -0.1) is 0 Å². The van der Waals surface area contributed by atoms with Crippen LogP contribution in [0.25, 0.3) is 0 Å². The molecule has 0 radical (unpaired) electrons. The Balaban J connectivity index is 1.86. The van der Waals surface area contributed by atoms with E-state index in [1.54, 1.807) is 11.2 Å². The van der Waals surface area contributed by atoms with Crippen LogP contribution >= 0.6 is 0 Å². The fraction of sp³-hybridized carbons (Fsp3) is 0.714. The molecule has 0 spiro atoms. The molecule has 0 aliphatic carbocycles. The molecule has 1 atom stereocenters.